The summed E-state index contributed by atoms with van der Waals surface area (Å²) in [6.07, 6.45) is 2.22. The molecule has 0 aromatic carbocycles. The molecular weight excluding hydrogens is 266 g/mol. The predicted molar refractivity (Wildman–Crippen MR) is 89.7 cm³/mol. The molecule has 2 heterocycles. The van der Waals surface area contributed by atoms with Gasteiger partial charge in [-0.15, -0.1) is 0 Å². The third-order valence-corrected chi connectivity index (χ3v) is 4.78. The summed E-state index contributed by atoms with van der Waals surface area (Å²) < 4.78 is 0. The van der Waals surface area contributed by atoms with E-state index in [0.717, 1.165) is 32.5 Å². The molecule has 20 heavy (non-hydrogen) atoms. The zero-order valence-electron chi connectivity index (χ0n) is 13.1. The minimum Gasteiger partial charge on any atom is -0.354 e. The monoisotopic (exact) mass is 293 g/mol. The molecule has 2 rings (SSSR count). The van der Waals surface area contributed by atoms with Gasteiger partial charge in [-0.1, -0.05) is 27.2 Å². The minimum absolute atomic E-state index is 0.683. The second kappa shape index (κ2) is 7.32. The van der Waals surface area contributed by atoms with Crippen molar-refractivity contribution in [3.8, 4) is 0 Å². The zero-order chi connectivity index (χ0) is 14.5. The van der Waals surface area contributed by atoms with Gasteiger partial charge in [0.2, 0.25) is 0 Å². The Labute approximate surface area is 127 Å². The van der Waals surface area contributed by atoms with Crippen molar-refractivity contribution in [3.05, 3.63) is 23.4 Å². The van der Waals surface area contributed by atoms with Crippen LogP contribution in [0.1, 0.15) is 38.4 Å². The molecule has 2 unspecified atom stereocenters. The number of hydrogen-bond donors (Lipinski definition) is 1. The van der Waals surface area contributed by atoms with Gasteiger partial charge >= 0.3 is 0 Å². The molecule has 1 saturated heterocycles. The zero-order valence-corrected chi connectivity index (χ0v) is 14.0. The molecule has 0 spiro atoms. The van der Waals surface area contributed by atoms with Gasteiger partial charge in [-0.3, -0.25) is 0 Å². The lowest BCUT2D eigenvalue weighted by atomic mass is 10.1. The van der Waals surface area contributed by atoms with Crippen LogP contribution >= 0.6 is 11.8 Å². The minimum atomic E-state index is 0.683. The lowest BCUT2D eigenvalue weighted by Crippen LogP contribution is -2.41. The third kappa shape index (κ3) is 4.13. The molecule has 112 valence electrons. The largest absolute Gasteiger partial charge is 0.354 e. The van der Waals surface area contributed by atoms with Crippen molar-refractivity contribution < 1.29 is 0 Å². The number of aromatic nitrogens is 1. The van der Waals surface area contributed by atoms with Crippen molar-refractivity contribution in [2.45, 2.75) is 50.7 Å². The van der Waals surface area contributed by atoms with E-state index < -0.39 is 0 Å². The van der Waals surface area contributed by atoms with Crippen LogP contribution in [-0.4, -0.2) is 35.6 Å². The number of pyridine rings is 1. The summed E-state index contributed by atoms with van der Waals surface area (Å²) in [5.41, 5.74) is 2.58. The van der Waals surface area contributed by atoms with Gasteiger partial charge in [0, 0.05) is 35.8 Å². The van der Waals surface area contributed by atoms with Gasteiger partial charge < -0.3 is 10.2 Å². The van der Waals surface area contributed by atoms with Gasteiger partial charge in [0.1, 0.15) is 5.82 Å². The molecule has 0 aliphatic carbocycles. The van der Waals surface area contributed by atoms with Crippen molar-refractivity contribution in [2.75, 3.05) is 25.0 Å². The second-order valence-electron chi connectivity index (χ2n) is 5.77. The van der Waals surface area contributed by atoms with Gasteiger partial charge in [0.25, 0.3) is 0 Å². The molecule has 0 amide bonds. The summed E-state index contributed by atoms with van der Waals surface area (Å²) >= 11 is 2.09. The Kier molecular flexibility index (Phi) is 5.73. The van der Waals surface area contributed by atoms with E-state index in [4.69, 9.17) is 4.98 Å². The fraction of sp³-hybridized carbons (Fsp3) is 0.688. The predicted octanol–water partition coefficient (Wildman–Crippen LogP) is 3.08. The van der Waals surface area contributed by atoms with E-state index >= 15 is 0 Å². The number of rotatable bonds is 5. The number of nitrogens with one attached hydrogen (secondary N) is 1. The Morgan fingerprint density at radius 1 is 1.30 bits per heavy atom. The first-order valence-electron chi connectivity index (χ1n) is 7.67. The van der Waals surface area contributed by atoms with Crippen molar-refractivity contribution in [1.82, 2.24) is 10.3 Å². The summed E-state index contributed by atoms with van der Waals surface area (Å²) in [5.74, 6) is 1.17. The topological polar surface area (TPSA) is 28.2 Å². The maximum absolute atomic E-state index is 4.89. The van der Waals surface area contributed by atoms with Crippen molar-refractivity contribution >= 4 is 17.6 Å². The van der Waals surface area contributed by atoms with E-state index in [1.54, 1.807) is 0 Å². The highest BCUT2D eigenvalue weighted by Crippen LogP contribution is 2.28. The SMILES string of the molecule is CCCc1cc(CNC)cc(N2CC(C)SC(C)C2)n1. The molecule has 1 aliphatic rings. The second-order valence-corrected chi connectivity index (χ2v) is 7.65. The highest BCUT2D eigenvalue weighted by Gasteiger charge is 2.23. The first-order valence-corrected chi connectivity index (χ1v) is 8.61. The Bertz CT molecular complexity index is 401. The molecule has 3 nitrogen and oxygen atoms in total. The third-order valence-electron chi connectivity index (χ3n) is 3.56. The van der Waals surface area contributed by atoms with Gasteiger partial charge in [0.15, 0.2) is 0 Å². The quantitative estimate of drug-likeness (QED) is 0.903. The average molecular weight is 293 g/mol. The van der Waals surface area contributed by atoms with Crippen LogP contribution in [-0.2, 0) is 13.0 Å². The summed E-state index contributed by atoms with van der Waals surface area (Å²) in [6, 6.07) is 4.50. The highest BCUT2D eigenvalue weighted by molar-refractivity contribution is 8.00. The van der Waals surface area contributed by atoms with E-state index in [9.17, 15) is 0 Å². The Morgan fingerprint density at radius 3 is 2.60 bits per heavy atom. The summed E-state index contributed by atoms with van der Waals surface area (Å²) in [7, 11) is 2.00. The van der Waals surface area contributed by atoms with Crippen LogP contribution in [0.15, 0.2) is 12.1 Å². The Balaban J connectivity index is 2.24. The van der Waals surface area contributed by atoms with Gasteiger partial charge in [-0.2, -0.15) is 11.8 Å². The lowest BCUT2D eigenvalue weighted by molar-refractivity contribution is 0.711. The number of hydrogen-bond acceptors (Lipinski definition) is 4. The van der Waals surface area contributed by atoms with Crippen LogP contribution in [0, 0.1) is 0 Å². The molecule has 1 N–H and O–H groups in total. The molecule has 0 saturated carbocycles. The van der Waals surface area contributed by atoms with Crippen LogP contribution in [0.25, 0.3) is 0 Å². The molecule has 1 aliphatic heterocycles. The lowest BCUT2D eigenvalue weighted by Gasteiger charge is -2.35. The Hall–Kier alpha value is -0.740. The molecule has 0 bridgehead atoms. The van der Waals surface area contributed by atoms with Crippen LogP contribution in [0.3, 0.4) is 0 Å². The van der Waals surface area contributed by atoms with Gasteiger partial charge in [-0.05, 0) is 31.2 Å². The highest BCUT2D eigenvalue weighted by atomic mass is 32.2. The maximum atomic E-state index is 4.89. The first-order chi connectivity index (χ1) is 9.62. The van der Waals surface area contributed by atoms with E-state index in [1.165, 1.54) is 17.1 Å². The normalized spacial score (nSPS) is 23.1. The number of nitrogens with zero attached hydrogens (tertiary/aromatic N) is 2. The fourth-order valence-corrected chi connectivity index (χ4v) is 4.18. The molecule has 4 heteroatoms. The molecule has 1 fully saturated rings. The molecule has 2 atom stereocenters. The summed E-state index contributed by atoms with van der Waals surface area (Å²) in [6.45, 7) is 9.98. The molecule has 1 aromatic heterocycles. The summed E-state index contributed by atoms with van der Waals surface area (Å²) in [4.78, 5) is 7.35. The fourth-order valence-electron chi connectivity index (χ4n) is 2.85. The van der Waals surface area contributed by atoms with Gasteiger partial charge in [0.05, 0.1) is 0 Å². The van der Waals surface area contributed by atoms with Crippen LogP contribution in [0.5, 0.6) is 0 Å². The van der Waals surface area contributed by atoms with E-state index in [2.05, 4.69) is 54.9 Å². The van der Waals surface area contributed by atoms with E-state index in [0.29, 0.717) is 10.5 Å². The maximum Gasteiger partial charge on any atom is 0.129 e. The van der Waals surface area contributed by atoms with Crippen LogP contribution in [0.4, 0.5) is 5.82 Å². The van der Waals surface area contributed by atoms with Crippen molar-refractivity contribution in [2.24, 2.45) is 0 Å². The summed E-state index contributed by atoms with van der Waals surface area (Å²) in [5, 5.41) is 4.62. The van der Waals surface area contributed by atoms with Gasteiger partial charge in [-0.25, -0.2) is 4.98 Å². The van der Waals surface area contributed by atoms with Crippen molar-refractivity contribution in [1.29, 1.82) is 0 Å². The standard InChI is InChI=1S/C16H27N3S/c1-5-6-15-7-14(9-17-4)8-16(18-15)19-10-12(2)20-13(3)11-19/h7-8,12-13,17H,5-6,9-11H2,1-4H3. The smallest absolute Gasteiger partial charge is 0.129 e. The molecular formula is C16H27N3S. The number of anilines is 1. The first kappa shape index (κ1) is 15.6. The van der Waals surface area contributed by atoms with Crippen LogP contribution in [0.2, 0.25) is 0 Å². The molecule has 0 radical (unpaired) electrons. The number of aryl methyl sites for hydroxylation is 1. The van der Waals surface area contributed by atoms with E-state index in [-0.39, 0.29) is 0 Å². The molecule has 1 aromatic rings. The van der Waals surface area contributed by atoms with E-state index in [1.807, 2.05) is 7.05 Å². The van der Waals surface area contributed by atoms with Crippen molar-refractivity contribution in [3.63, 3.8) is 0 Å². The average Bonchev–Trinajstić information content (AvgIpc) is 2.38. The Morgan fingerprint density at radius 2 is 2.00 bits per heavy atom. The number of thioether (sulfide) groups is 1. The van der Waals surface area contributed by atoms with Crippen LogP contribution < -0.4 is 10.2 Å².